The molecule has 3 aromatic rings. The lowest BCUT2D eigenvalue weighted by Crippen LogP contribution is -2.38. The molecule has 0 unspecified atom stereocenters. The summed E-state index contributed by atoms with van der Waals surface area (Å²) in [6.07, 6.45) is 7.10. The molecule has 30 heavy (non-hydrogen) atoms. The fourth-order valence-corrected chi connectivity index (χ4v) is 3.40. The Morgan fingerprint density at radius 3 is 2.90 bits per heavy atom. The molecule has 4 heterocycles. The van der Waals surface area contributed by atoms with E-state index in [1.807, 2.05) is 27.7 Å². The van der Waals surface area contributed by atoms with Gasteiger partial charge in [0.15, 0.2) is 0 Å². The maximum Gasteiger partial charge on any atom is 0.404 e. The number of aryl methyl sites for hydroxylation is 1. The van der Waals surface area contributed by atoms with Crippen molar-refractivity contribution < 1.29 is 14.6 Å². The molecule has 1 fully saturated rings. The Morgan fingerprint density at radius 2 is 2.07 bits per heavy atom. The predicted octanol–water partition coefficient (Wildman–Crippen LogP) is 1.36. The van der Waals surface area contributed by atoms with Crippen LogP contribution in [0.2, 0.25) is 0 Å². The van der Waals surface area contributed by atoms with E-state index in [1.54, 1.807) is 12.4 Å². The molecule has 4 rings (SSSR count). The van der Waals surface area contributed by atoms with Crippen LogP contribution in [0.15, 0.2) is 30.9 Å². The number of fused-ring (bicyclic) bond motifs is 1. The van der Waals surface area contributed by atoms with Crippen LogP contribution in [0.5, 0.6) is 0 Å². The maximum atomic E-state index is 10.6. The van der Waals surface area contributed by atoms with Crippen molar-refractivity contribution in [3.63, 3.8) is 0 Å². The fourth-order valence-electron chi connectivity index (χ4n) is 3.40. The first kappa shape index (κ1) is 20.1. The van der Waals surface area contributed by atoms with Gasteiger partial charge in [0.1, 0.15) is 5.65 Å². The van der Waals surface area contributed by atoms with Gasteiger partial charge in [-0.1, -0.05) is 0 Å². The van der Waals surface area contributed by atoms with Gasteiger partial charge in [-0.15, -0.1) is 0 Å². The van der Waals surface area contributed by atoms with E-state index in [2.05, 4.69) is 30.6 Å². The highest BCUT2D eigenvalue weighted by molar-refractivity contribution is 5.76. The summed E-state index contributed by atoms with van der Waals surface area (Å²) in [5.41, 5.74) is 1.64. The lowest BCUT2D eigenvalue weighted by atomic mass is 10.4. The Bertz CT molecular complexity index is 979. The second kappa shape index (κ2) is 9.55. The molecule has 0 atom stereocenters. The maximum absolute atomic E-state index is 10.6. The zero-order valence-electron chi connectivity index (χ0n) is 16.7. The van der Waals surface area contributed by atoms with Gasteiger partial charge in [-0.3, -0.25) is 9.58 Å². The SMILES string of the molecule is O=C(O)NCCCn1ccc2cnc(Nc3cnn(CCN4CCOCC4)c3)nc21. The highest BCUT2D eigenvalue weighted by atomic mass is 16.5. The lowest BCUT2D eigenvalue weighted by Gasteiger charge is -2.26. The number of carbonyl (C=O) groups is 1. The van der Waals surface area contributed by atoms with Crippen molar-refractivity contribution in [2.75, 3.05) is 44.7 Å². The Hall–Kier alpha value is -3.18. The van der Waals surface area contributed by atoms with Gasteiger partial charge in [0, 0.05) is 56.7 Å². The van der Waals surface area contributed by atoms with E-state index in [9.17, 15) is 4.79 Å². The molecule has 1 aliphatic heterocycles. The molecule has 160 valence electrons. The number of morpholine rings is 1. The summed E-state index contributed by atoms with van der Waals surface area (Å²) in [5, 5.41) is 19.6. The molecular weight excluding hydrogens is 388 g/mol. The van der Waals surface area contributed by atoms with E-state index in [1.165, 1.54) is 0 Å². The monoisotopic (exact) mass is 414 g/mol. The van der Waals surface area contributed by atoms with Crippen LogP contribution < -0.4 is 10.6 Å². The largest absolute Gasteiger partial charge is 0.465 e. The van der Waals surface area contributed by atoms with Gasteiger partial charge in [0.05, 0.1) is 31.6 Å². The van der Waals surface area contributed by atoms with Crippen LogP contribution in [0, 0.1) is 0 Å². The quantitative estimate of drug-likeness (QED) is 0.449. The van der Waals surface area contributed by atoms with Crippen LogP contribution >= 0.6 is 0 Å². The van der Waals surface area contributed by atoms with Crippen molar-refractivity contribution in [3.05, 3.63) is 30.9 Å². The standard InChI is InChI=1S/C19H26N8O3/c28-19(29)20-3-1-4-26-5-2-15-12-21-18(24-17(15)26)23-16-13-22-27(14-16)7-6-25-8-10-30-11-9-25/h2,5,12-14,20H,1,3-4,6-11H2,(H,28,29)(H,21,23,24). The molecule has 0 aliphatic carbocycles. The summed E-state index contributed by atoms with van der Waals surface area (Å²) in [6, 6.07) is 1.95. The van der Waals surface area contributed by atoms with E-state index < -0.39 is 6.09 Å². The summed E-state index contributed by atoms with van der Waals surface area (Å²) in [7, 11) is 0. The Kier molecular flexibility index (Phi) is 6.40. The Morgan fingerprint density at radius 1 is 1.20 bits per heavy atom. The van der Waals surface area contributed by atoms with Crippen molar-refractivity contribution in [1.29, 1.82) is 0 Å². The van der Waals surface area contributed by atoms with Gasteiger partial charge in [-0.2, -0.15) is 10.1 Å². The Balaban J connectivity index is 1.34. The molecule has 11 heteroatoms. The molecule has 1 amide bonds. The van der Waals surface area contributed by atoms with Crippen LogP contribution in [0.3, 0.4) is 0 Å². The predicted molar refractivity (Wildman–Crippen MR) is 111 cm³/mol. The molecule has 0 saturated carbocycles. The summed E-state index contributed by atoms with van der Waals surface area (Å²) >= 11 is 0. The molecule has 11 nitrogen and oxygen atoms in total. The molecule has 1 aliphatic rings. The first-order valence-corrected chi connectivity index (χ1v) is 10.1. The number of carboxylic acid groups (broad SMARTS) is 1. The number of anilines is 2. The minimum atomic E-state index is -1.01. The normalized spacial score (nSPS) is 14.8. The average Bonchev–Trinajstić information content (AvgIpc) is 3.37. The Labute approximate surface area is 173 Å². The summed E-state index contributed by atoms with van der Waals surface area (Å²) < 4.78 is 9.28. The van der Waals surface area contributed by atoms with Gasteiger partial charge < -0.3 is 25.0 Å². The van der Waals surface area contributed by atoms with Crippen LogP contribution in [-0.2, 0) is 17.8 Å². The number of nitrogens with one attached hydrogen (secondary N) is 2. The zero-order chi connectivity index (χ0) is 20.8. The molecule has 0 bridgehead atoms. The van der Waals surface area contributed by atoms with E-state index in [-0.39, 0.29) is 0 Å². The summed E-state index contributed by atoms with van der Waals surface area (Å²) in [4.78, 5) is 21.9. The first-order chi connectivity index (χ1) is 14.7. The van der Waals surface area contributed by atoms with E-state index in [4.69, 9.17) is 9.84 Å². The van der Waals surface area contributed by atoms with Crippen molar-refractivity contribution in [2.45, 2.75) is 19.5 Å². The van der Waals surface area contributed by atoms with Crippen LogP contribution in [0.25, 0.3) is 11.0 Å². The van der Waals surface area contributed by atoms with Crippen LogP contribution in [0.1, 0.15) is 6.42 Å². The van der Waals surface area contributed by atoms with E-state index in [0.29, 0.717) is 25.5 Å². The first-order valence-electron chi connectivity index (χ1n) is 10.1. The van der Waals surface area contributed by atoms with Crippen molar-refractivity contribution in [1.82, 2.24) is 34.5 Å². The number of rotatable bonds is 9. The van der Waals surface area contributed by atoms with Crippen molar-refractivity contribution in [3.8, 4) is 0 Å². The lowest BCUT2D eigenvalue weighted by molar-refractivity contribution is 0.0360. The fraction of sp³-hybridized carbons (Fsp3) is 0.474. The molecule has 0 radical (unpaired) electrons. The minimum absolute atomic E-state index is 0.398. The average molecular weight is 414 g/mol. The second-order valence-electron chi connectivity index (χ2n) is 7.14. The smallest absolute Gasteiger partial charge is 0.404 e. The van der Waals surface area contributed by atoms with Gasteiger partial charge in [-0.25, -0.2) is 9.78 Å². The molecular formula is C19H26N8O3. The minimum Gasteiger partial charge on any atom is -0.465 e. The van der Waals surface area contributed by atoms with Crippen LogP contribution in [0.4, 0.5) is 16.4 Å². The third-order valence-corrected chi connectivity index (χ3v) is 4.99. The molecule has 3 N–H and O–H groups in total. The highest BCUT2D eigenvalue weighted by Crippen LogP contribution is 2.17. The van der Waals surface area contributed by atoms with Crippen molar-refractivity contribution >= 4 is 28.8 Å². The topological polar surface area (TPSA) is 122 Å². The third kappa shape index (κ3) is 5.24. The van der Waals surface area contributed by atoms with Crippen LogP contribution in [-0.4, -0.2) is 79.8 Å². The number of aromatic nitrogens is 5. The zero-order valence-corrected chi connectivity index (χ0v) is 16.7. The second-order valence-corrected chi connectivity index (χ2v) is 7.14. The molecule has 0 spiro atoms. The van der Waals surface area contributed by atoms with Crippen molar-refractivity contribution in [2.24, 2.45) is 0 Å². The third-order valence-electron chi connectivity index (χ3n) is 4.99. The van der Waals surface area contributed by atoms with Gasteiger partial charge in [0.2, 0.25) is 5.95 Å². The van der Waals surface area contributed by atoms with Gasteiger partial charge in [-0.05, 0) is 12.5 Å². The number of hydrogen-bond acceptors (Lipinski definition) is 7. The molecule has 1 saturated heterocycles. The number of hydrogen-bond donors (Lipinski definition) is 3. The summed E-state index contributed by atoms with van der Waals surface area (Å²) in [6.45, 7) is 6.34. The number of nitrogens with zero attached hydrogens (tertiary/aromatic N) is 6. The molecule has 3 aromatic heterocycles. The van der Waals surface area contributed by atoms with Gasteiger partial charge in [0.25, 0.3) is 0 Å². The number of amides is 1. The van der Waals surface area contributed by atoms with Gasteiger partial charge >= 0.3 is 6.09 Å². The molecule has 0 aromatic carbocycles. The number of ether oxygens (including phenoxy) is 1. The van der Waals surface area contributed by atoms with E-state index in [0.717, 1.165) is 56.1 Å². The summed E-state index contributed by atoms with van der Waals surface area (Å²) in [5.74, 6) is 0.499. The highest BCUT2D eigenvalue weighted by Gasteiger charge is 2.11. The van der Waals surface area contributed by atoms with E-state index >= 15 is 0 Å².